The number of halogens is 1. The molecule has 78 valence electrons. The Morgan fingerprint density at radius 3 is 1.86 bits per heavy atom. The fraction of sp³-hybridized carbons (Fsp3) is 0.143. The smallest absolute Gasteiger partial charge is 0.261 e. The lowest BCUT2D eigenvalue weighted by atomic mass is 10.4. The van der Waals surface area contributed by atoms with Gasteiger partial charge in [-0.15, -0.1) is 0 Å². The predicted octanol–water partition coefficient (Wildman–Crippen LogP) is 1.51. The number of nitrogens with zero attached hydrogens (tertiary/aromatic N) is 1. The van der Waals surface area contributed by atoms with Crippen LogP contribution >= 0.6 is 10.7 Å². The van der Waals surface area contributed by atoms with Crippen LogP contribution in [0.15, 0.2) is 35.2 Å². The first-order valence-electron chi connectivity index (χ1n) is 3.41. The van der Waals surface area contributed by atoms with Crippen LogP contribution in [0.5, 0.6) is 0 Å². The minimum atomic E-state index is -3.53. The van der Waals surface area contributed by atoms with Crippen LogP contribution < -0.4 is 0 Å². The molecular weight excluding hydrogens is 230 g/mol. The Morgan fingerprint density at radius 1 is 1.29 bits per heavy atom. The Labute approximate surface area is 85.9 Å². The zero-order valence-electron chi connectivity index (χ0n) is 7.25. The van der Waals surface area contributed by atoms with Crippen molar-refractivity contribution in [3.05, 3.63) is 40.4 Å². The SMILES string of the molecule is C[N+](=O)[O-].O=S(=O)(Cl)c1ccccc1. The van der Waals surface area contributed by atoms with Crippen molar-refractivity contribution in [2.75, 3.05) is 7.05 Å². The highest BCUT2D eigenvalue weighted by atomic mass is 35.7. The van der Waals surface area contributed by atoms with Gasteiger partial charge in [0.25, 0.3) is 9.05 Å². The van der Waals surface area contributed by atoms with Gasteiger partial charge < -0.3 is 0 Å². The first kappa shape index (κ1) is 12.9. The van der Waals surface area contributed by atoms with Gasteiger partial charge in [-0.1, -0.05) is 18.2 Å². The van der Waals surface area contributed by atoms with Crippen LogP contribution in [0.2, 0.25) is 0 Å². The molecule has 0 saturated heterocycles. The third kappa shape index (κ3) is 6.38. The number of hydrogen-bond acceptors (Lipinski definition) is 4. The van der Waals surface area contributed by atoms with Crippen molar-refractivity contribution < 1.29 is 13.3 Å². The Kier molecular flexibility index (Phi) is 5.11. The number of hydrogen-bond donors (Lipinski definition) is 0. The average molecular weight is 238 g/mol. The maximum absolute atomic E-state index is 10.6. The molecule has 1 rings (SSSR count). The maximum Gasteiger partial charge on any atom is 0.261 e. The van der Waals surface area contributed by atoms with Crippen LogP contribution in [-0.4, -0.2) is 20.4 Å². The second-order valence-corrected chi connectivity index (χ2v) is 4.76. The van der Waals surface area contributed by atoms with E-state index in [1.165, 1.54) is 12.1 Å². The van der Waals surface area contributed by atoms with Crippen LogP contribution in [-0.2, 0) is 9.05 Å². The van der Waals surface area contributed by atoms with Gasteiger partial charge in [-0.05, 0) is 12.1 Å². The molecule has 0 aliphatic heterocycles. The molecule has 0 fully saturated rings. The van der Waals surface area contributed by atoms with E-state index >= 15 is 0 Å². The summed E-state index contributed by atoms with van der Waals surface area (Å²) in [4.78, 5) is 8.44. The highest BCUT2D eigenvalue weighted by Gasteiger charge is 2.06. The van der Waals surface area contributed by atoms with Gasteiger partial charge >= 0.3 is 0 Å². The van der Waals surface area contributed by atoms with Crippen LogP contribution in [0.4, 0.5) is 0 Å². The zero-order chi connectivity index (χ0) is 11.2. The first-order chi connectivity index (χ1) is 6.34. The first-order valence-corrected chi connectivity index (χ1v) is 5.72. The summed E-state index contributed by atoms with van der Waals surface area (Å²) in [5.74, 6) is 0. The van der Waals surface area contributed by atoms with E-state index in [9.17, 15) is 8.42 Å². The van der Waals surface area contributed by atoms with E-state index < -0.39 is 14.0 Å². The molecule has 7 heteroatoms. The summed E-state index contributed by atoms with van der Waals surface area (Å²) in [6.07, 6.45) is 0. The molecule has 1 aromatic carbocycles. The van der Waals surface area contributed by atoms with Gasteiger partial charge in [0.1, 0.15) is 0 Å². The molecule has 0 radical (unpaired) electrons. The zero-order valence-corrected chi connectivity index (χ0v) is 8.83. The van der Waals surface area contributed by atoms with Crippen LogP contribution in [0.1, 0.15) is 0 Å². The highest BCUT2D eigenvalue weighted by Crippen LogP contribution is 2.12. The van der Waals surface area contributed by atoms with E-state index in [2.05, 4.69) is 0 Å². The van der Waals surface area contributed by atoms with E-state index in [0.717, 1.165) is 7.05 Å². The Balaban J connectivity index is 0.000000364. The topological polar surface area (TPSA) is 77.3 Å². The van der Waals surface area contributed by atoms with Crippen molar-refractivity contribution in [1.82, 2.24) is 0 Å². The third-order valence-corrected chi connectivity index (χ3v) is 2.39. The fourth-order valence-electron chi connectivity index (χ4n) is 0.583. The summed E-state index contributed by atoms with van der Waals surface area (Å²) in [5, 5.41) is 8.81. The number of rotatable bonds is 1. The monoisotopic (exact) mass is 237 g/mol. The number of benzene rings is 1. The maximum atomic E-state index is 10.6. The molecule has 0 unspecified atom stereocenters. The van der Waals surface area contributed by atoms with E-state index in [1.807, 2.05) is 0 Å². The number of nitro groups is 1. The molecule has 0 atom stereocenters. The second kappa shape index (κ2) is 5.56. The van der Waals surface area contributed by atoms with Crippen LogP contribution in [0, 0.1) is 10.1 Å². The predicted molar refractivity (Wildman–Crippen MR) is 52.4 cm³/mol. The molecule has 0 heterocycles. The second-order valence-electron chi connectivity index (χ2n) is 2.19. The summed E-state index contributed by atoms with van der Waals surface area (Å²) in [7, 11) is 2.39. The Hall–Kier alpha value is -1.14. The van der Waals surface area contributed by atoms with Gasteiger partial charge in [-0.3, -0.25) is 10.1 Å². The van der Waals surface area contributed by atoms with Gasteiger partial charge in [0, 0.05) is 15.6 Å². The van der Waals surface area contributed by atoms with Crippen molar-refractivity contribution in [1.29, 1.82) is 0 Å². The molecule has 0 aromatic heterocycles. The van der Waals surface area contributed by atoms with Crippen LogP contribution in [0.25, 0.3) is 0 Å². The largest absolute Gasteiger partial charge is 0.265 e. The minimum absolute atomic E-state index is 0.136. The summed E-state index contributed by atoms with van der Waals surface area (Å²) in [6.45, 7) is 0. The quantitative estimate of drug-likeness (QED) is 0.421. The van der Waals surface area contributed by atoms with Crippen molar-refractivity contribution >= 4 is 19.7 Å². The summed E-state index contributed by atoms with van der Waals surface area (Å²) >= 11 is 0. The summed E-state index contributed by atoms with van der Waals surface area (Å²) in [6, 6.07) is 7.86. The summed E-state index contributed by atoms with van der Waals surface area (Å²) < 4.78 is 21.2. The van der Waals surface area contributed by atoms with E-state index in [1.54, 1.807) is 18.2 Å². The molecule has 1 aromatic rings. The lowest BCUT2D eigenvalue weighted by Gasteiger charge is -1.91. The molecule has 0 spiro atoms. The van der Waals surface area contributed by atoms with Crippen LogP contribution in [0.3, 0.4) is 0 Å². The van der Waals surface area contributed by atoms with Gasteiger partial charge in [0.2, 0.25) is 0 Å². The Bertz CT molecular complexity index is 385. The summed E-state index contributed by atoms with van der Waals surface area (Å²) in [5.41, 5.74) is 0. The third-order valence-electron chi connectivity index (χ3n) is 1.02. The van der Waals surface area contributed by atoms with E-state index in [0.29, 0.717) is 0 Å². The molecule has 0 saturated carbocycles. The van der Waals surface area contributed by atoms with Gasteiger partial charge in [-0.2, -0.15) is 0 Å². The lowest BCUT2D eigenvalue weighted by Crippen LogP contribution is -1.87. The van der Waals surface area contributed by atoms with E-state index in [-0.39, 0.29) is 4.90 Å². The van der Waals surface area contributed by atoms with Crippen molar-refractivity contribution in [2.24, 2.45) is 0 Å². The van der Waals surface area contributed by atoms with E-state index in [4.69, 9.17) is 20.8 Å². The van der Waals surface area contributed by atoms with Gasteiger partial charge in [0.05, 0.1) is 4.90 Å². The van der Waals surface area contributed by atoms with Gasteiger partial charge in [-0.25, -0.2) is 8.42 Å². The average Bonchev–Trinajstić information content (AvgIpc) is 2.03. The highest BCUT2D eigenvalue weighted by molar-refractivity contribution is 8.13. The standard InChI is InChI=1S/C6H5ClO2S.CH3NO2/c7-10(8,9)6-4-2-1-3-5-6;1-2(3)4/h1-5H;1H3. The van der Waals surface area contributed by atoms with Crippen molar-refractivity contribution in [2.45, 2.75) is 4.90 Å². The Morgan fingerprint density at radius 2 is 1.64 bits per heavy atom. The molecule has 0 aliphatic rings. The molecule has 14 heavy (non-hydrogen) atoms. The molecule has 0 amide bonds. The van der Waals surface area contributed by atoms with Crippen molar-refractivity contribution in [3.63, 3.8) is 0 Å². The van der Waals surface area contributed by atoms with Gasteiger partial charge in [0.15, 0.2) is 7.05 Å². The normalized spacial score (nSPS) is 9.86. The fourth-order valence-corrected chi connectivity index (χ4v) is 1.37. The minimum Gasteiger partial charge on any atom is -0.265 e. The molecule has 0 N–H and O–H groups in total. The van der Waals surface area contributed by atoms with Crippen molar-refractivity contribution in [3.8, 4) is 0 Å². The molecular formula is C7H8ClNO4S. The molecule has 5 nitrogen and oxygen atoms in total. The molecule has 0 bridgehead atoms. The lowest BCUT2D eigenvalue weighted by molar-refractivity contribution is -0.445. The molecule has 0 aliphatic carbocycles.